The van der Waals surface area contributed by atoms with Crippen molar-refractivity contribution in [2.75, 3.05) is 19.0 Å². The second-order valence-electron chi connectivity index (χ2n) is 4.72. The van der Waals surface area contributed by atoms with Gasteiger partial charge in [0.05, 0.1) is 11.6 Å². The monoisotopic (exact) mass is 358 g/mol. The van der Waals surface area contributed by atoms with E-state index in [1.54, 1.807) is 25.3 Å². The third kappa shape index (κ3) is 6.48. The number of amides is 2. The average Bonchev–Trinajstić information content (AvgIpc) is 2.43. The quantitative estimate of drug-likeness (QED) is 0.698. The Morgan fingerprint density at radius 3 is 2.71 bits per heavy atom. The first kappa shape index (κ1) is 17.3. The third-order valence-corrected chi connectivity index (χ3v) is 3.49. The normalized spacial score (nSPS) is 11.6. The molecule has 0 spiro atoms. The summed E-state index contributed by atoms with van der Waals surface area (Å²) in [5, 5.41) is 14.0. The van der Waals surface area contributed by atoms with Crippen LogP contribution in [0.5, 0.6) is 5.75 Å². The van der Waals surface area contributed by atoms with E-state index in [0.717, 1.165) is 4.47 Å². The fourth-order valence-corrected chi connectivity index (χ4v) is 2.20. The molecular weight excluding hydrogens is 340 g/mol. The van der Waals surface area contributed by atoms with Gasteiger partial charge in [-0.3, -0.25) is 4.79 Å². The molecule has 7 heteroatoms. The first-order valence-electron chi connectivity index (χ1n) is 6.52. The molecule has 0 aromatic heterocycles. The van der Waals surface area contributed by atoms with Crippen molar-refractivity contribution in [2.24, 2.45) is 5.92 Å². The second kappa shape index (κ2) is 8.51. The highest BCUT2D eigenvalue weighted by atomic mass is 79.9. The molecule has 1 atom stereocenters. The Bertz CT molecular complexity index is 508. The van der Waals surface area contributed by atoms with E-state index >= 15 is 0 Å². The Balaban J connectivity index is 2.40. The highest BCUT2D eigenvalue weighted by Crippen LogP contribution is 2.27. The predicted octanol–water partition coefficient (Wildman–Crippen LogP) is 3.08. The Morgan fingerprint density at radius 2 is 2.14 bits per heavy atom. The average molecular weight is 359 g/mol. The summed E-state index contributed by atoms with van der Waals surface area (Å²) in [5.41, 5.74) is 0.637. The molecular formula is C14H19BrN2O4. The van der Waals surface area contributed by atoms with E-state index in [0.29, 0.717) is 24.4 Å². The van der Waals surface area contributed by atoms with Crippen LogP contribution in [0.3, 0.4) is 0 Å². The molecule has 0 radical (unpaired) electrons. The van der Waals surface area contributed by atoms with E-state index in [2.05, 4.69) is 26.6 Å². The minimum absolute atomic E-state index is 0.106. The van der Waals surface area contributed by atoms with E-state index < -0.39 is 5.97 Å². The summed E-state index contributed by atoms with van der Waals surface area (Å²) in [6.45, 7) is 2.32. The van der Waals surface area contributed by atoms with Crippen LogP contribution in [0.1, 0.15) is 19.8 Å². The number of carboxylic acids is 1. The summed E-state index contributed by atoms with van der Waals surface area (Å²) in [5.74, 6) is -0.0351. The number of nitrogens with one attached hydrogen (secondary N) is 2. The van der Waals surface area contributed by atoms with Gasteiger partial charge in [0.15, 0.2) is 0 Å². The van der Waals surface area contributed by atoms with Crippen molar-refractivity contribution in [1.29, 1.82) is 0 Å². The van der Waals surface area contributed by atoms with Crippen molar-refractivity contribution in [1.82, 2.24) is 5.32 Å². The molecule has 6 nitrogen and oxygen atoms in total. The molecule has 2 amide bonds. The molecule has 0 heterocycles. The molecule has 0 bridgehead atoms. The van der Waals surface area contributed by atoms with Crippen LogP contribution >= 0.6 is 15.9 Å². The number of hydrogen-bond donors (Lipinski definition) is 3. The van der Waals surface area contributed by atoms with Crippen molar-refractivity contribution < 1.29 is 19.4 Å². The molecule has 0 aliphatic carbocycles. The molecule has 0 aliphatic heterocycles. The molecule has 1 unspecified atom stereocenters. The zero-order chi connectivity index (χ0) is 15.8. The molecule has 0 saturated heterocycles. The number of urea groups is 1. The first-order chi connectivity index (χ1) is 9.92. The number of benzene rings is 1. The summed E-state index contributed by atoms with van der Waals surface area (Å²) in [7, 11) is 1.57. The summed E-state index contributed by atoms with van der Waals surface area (Å²) < 4.78 is 5.85. The van der Waals surface area contributed by atoms with Gasteiger partial charge in [-0.25, -0.2) is 4.79 Å². The van der Waals surface area contributed by atoms with Crippen molar-refractivity contribution in [2.45, 2.75) is 19.8 Å². The van der Waals surface area contributed by atoms with Gasteiger partial charge in [0.1, 0.15) is 5.75 Å². The highest BCUT2D eigenvalue weighted by molar-refractivity contribution is 9.10. The number of carbonyl (C=O) groups excluding carboxylic acids is 1. The second-order valence-corrected chi connectivity index (χ2v) is 5.58. The van der Waals surface area contributed by atoms with Gasteiger partial charge >= 0.3 is 12.0 Å². The number of hydrogen-bond acceptors (Lipinski definition) is 3. The molecule has 0 saturated carbocycles. The van der Waals surface area contributed by atoms with Gasteiger partial charge in [0.25, 0.3) is 0 Å². The van der Waals surface area contributed by atoms with E-state index in [1.807, 2.05) is 6.92 Å². The lowest BCUT2D eigenvalue weighted by Crippen LogP contribution is -2.32. The summed E-state index contributed by atoms with van der Waals surface area (Å²) >= 11 is 3.34. The van der Waals surface area contributed by atoms with Gasteiger partial charge in [0.2, 0.25) is 0 Å². The molecule has 1 aromatic carbocycles. The van der Waals surface area contributed by atoms with Crippen LogP contribution in [0.25, 0.3) is 0 Å². The van der Waals surface area contributed by atoms with E-state index in [9.17, 15) is 9.59 Å². The molecule has 0 fully saturated rings. The zero-order valence-electron chi connectivity index (χ0n) is 12.0. The summed E-state index contributed by atoms with van der Waals surface area (Å²) in [4.78, 5) is 22.2. The number of rotatable bonds is 7. The fraction of sp³-hybridized carbons (Fsp3) is 0.429. The minimum Gasteiger partial charge on any atom is -0.496 e. The van der Waals surface area contributed by atoms with Crippen LogP contribution < -0.4 is 15.4 Å². The molecule has 21 heavy (non-hydrogen) atoms. The maximum atomic E-state index is 11.7. The zero-order valence-corrected chi connectivity index (χ0v) is 13.6. The fourth-order valence-electron chi connectivity index (χ4n) is 1.66. The Kier molecular flexibility index (Phi) is 7.01. The molecule has 3 N–H and O–H groups in total. The van der Waals surface area contributed by atoms with Gasteiger partial charge in [-0.2, -0.15) is 0 Å². The molecule has 1 rings (SSSR count). The lowest BCUT2D eigenvalue weighted by Gasteiger charge is -2.13. The number of methoxy groups -OCH3 is 1. The van der Waals surface area contributed by atoms with Gasteiger partial charge in [-0.1, -0.05) is 6.92 Å². The van der Waals surface area contributed by atoms with Crippen LogP contribution in [-0.2, 0) is 4.79 Å². The highest BCUT2D eigenvalue weighted by Gasteiger charge is 2.09. The van der Waals surface area contributed by atoms with Crippen molar-refractivity contribution >= 4 is 33.6 Å². The number of halogens is 1. The van der Waals surface area contributed by atoms with Crippen LogP contribution in [0, 0.1) is 5.92 Å². The standard InChI is InChI=1S/C14H19BrN2O4/c1-9(3-6-13(18)19)8-16-14(20)17-10-4-5-12(21-2)11(15)7-10/h4-5,7,9H,3,6,8H2,1-2H3,(H,18,19)(H2,16,17,20). The van der Waals surface area contributed by atoms with Crippen molar-refractivity contribution in [3.05, 3.63) is 22.7 Å². The third-order valence-electron chi connectivity index (χ3n) is 2.87. The van der Waals surface area contributed by atoms with Crippen LogP contribution in [0.4, 0.5) is 10.5 Å². The van der Waals surface area contributed by atoms with Crippen molar-refractivity contribution in [3.8, 4) is 5.75 Å². The van der Waals surface area contributed by atoms with Gasteiger partial charge in [-0.15, -0.1) is 0 Å². The maximum absolute atomic E-state index is 11.7. The largest absolute Gasteiger partial charge is 0.496 e. The van der Waals surface area contributed by atoms with E-state index in [-0.39, 0.29) is 18.4 Å². The number of aliphatic carboxylic acids is 1. The summed E-state index contributed by atoms with van der Waals surface area (Å²) in [6, 6.07) is 4.90. The maximum Gasteiger partial charge on any atom is 0.319 e. The van der Waals surface area contributed by atoms with Gasteiger partial charge in [0, 0.05) is 18.7 Å². The van der Waals surface area contributed by atoms with Crippen molar-refractivity contribution in [3.63, 3.8) is 0 Å². The molecule has 1 aromatic rings. The number of carbonyl (C=O) groups is 2. The smallest absolute Gasteiger partial charge is 0.319 e. The lowest BCUT2D eigenvalue weighted by molar-refractivity contribution is -0.137. The number of ether oxygens (including phenoxy) is 1. The lowest BCUT2D eigenvalue weighted by atomic mass is 10.1. The Labute approximate surface area is 132 Å². The number of carboxylic acid groups (broad SMARTS) is 1. The first-order valence-corrected chi connectivity index (χ1v) is 7.32. The Hall–Kier alpha value is -1.76. The van der Waals surface area contributed by atoms with E-state index in [4.69, 9.17) is 9.84 Å². The van der Waals surface area contributed by atoms with Crippen LogP contribution in [0.15, 0.2) is 22.7 Å². The SMILES string of the molecule is COc1ccc(NC(=O)NCC(C)CCC(=O)O)cc1Br. The van der Waals surface area contributed by atoms with Crippen LogP contribution in [-0.4, -0.2) is 30.8 Å². The topological polar surface area (TPSA) is 87.7 Å². The molecule has 0 aliphatic rings. The summed E-state index contributed by atoms with van der Waals surface area (Å²) in [6.07, 6.45) is 0.638. The van der Waals surface area contributed by atoms with Gasteiger partial charge < -0.3 is 20.5 Å². The molecule has 116 valence electrons. The number of anilines is 1. The predicted molar refractivity (Wildman–Crippen MR) is 83.7 cm³/mol. The Morgan fingerprint density at radius 1 is 1.43 bits per heavy atom. The van der Waals surface area contributed by atoms with E-state index in [1.165, 1.54) is 0 Å². The van der Waals surface area contributed by atoms with Gasteiger partial charge in [-0.05, 0) is 46.5 Å². The van der Waals surface area contributed by atoms with Crippen LogP contribution in [0.2, 0.25) is 0 Å². The minimum atomic E-state index is -0.825.